The molecule has 2 unspecified atom stereocenters. The Balaban J connectivity index is 1.05. The normalized spacial score (nSPS) is 16.0. The lowest BCUT2D eigenvalue weighted by atomic mass is 9.96. The lowest BCUT2D eigenvalue weighted by molar-refractivity contribution is -0.150. The van der Waals surface area contributed by atoms with E-state index in [-0.39, 0.29) is 59.9 Å². The summed E-state index contributed by atoms with van der Waals surface area (Å²) in [6, 6.07) is 30.7. The van der Waals surface area contributed by atoms with Gasteiger partial charge in [-0.3, -0.25) is 18.4 Å². The van der Waals surface area contributed by atoms with E-state index in [9.17, 15) is 36.0 Å². The second-order valence-electron chi connectivity index (χ2n) is 21.0. The van der Waals surface area contributed by atoms with Gasteiger partial charge in [-0.25, -0.2) is 21.2 Å². The minimum Gasteiger partial charge on any atom is -0.465 e. The summed E-state index contributed by atoms with van der Waals surface area (Å²) < 4.78 is 167. The first kappa shape index (κ1) is 64.4. The number of sulfonamides is 2. The van der Waals surface area contributed by atoms with Crippen LogP contribution in [-0.4, -0.2) is 138 Å². The molecular formula is C57H66ClF4N6O11PS4. The number of anilines is 4. The number of likely N-dealkylation sites (tertiary alicyclic amines) is 1. The lowest BCUT2D eigenvalue weighted by Gasteiger charge is -2.41. The predicted octanol–water partition coefficient (Wildman–Crippen LogP) is 10.7. The second kappa shape index (κ2) is 26.5. The van der Waals surface area contributed by atoms with Crippen molar-refractivity contribution in [2.24, 2.45) is 5.92 Å². The van der Waals surface area contributed by atoms with Crippen LogP contribution in [-0.2, 0) is 44.0 Å². The van der Waals surface area contributed by atoms with Crippen LogP contribution in [0, 0.1) is 18.7 Å². The Kier molecular flexibility index (Phi) is 20.3. The number of para-hydroxylation sites is 1. The molecule has 0 bridgehead atoms. The van der Waals surface area contributed by atoms with Crippen LogP contribution >= 0.6 is 31.0 Å². The fourth-order valence-electron chi connectivity index (χ4n) is 10.9. The fraction of sp³-hybridized carbons (Fsp3) is 0.386. The average Bonchev–Trinajstić information content (AvgIpc) is 1.67. The zero-order valence-electron chi connectivity index (χ0n) is 46.4. The number of halogens is 5. The minimum absolute atomic E-state index is 0.0313. The summed E-state index contributed by atoms with van der Waals surface area (Å²) in [5, 5.41) is -1.37. The van der Waals surface area contributed by atoms with Crippen molar-refractivity contribution in [2.45, 2.75) is 72.7 Å². The third kappa shape index (κ3) is 15.5. The largest absolute Gasteiger partial charge is 0.516 e. The van der Waals surface area contributed by atoms with Gasteiger partial charge in [0, 0.05) is 89.0 Å². The highest BCUT2D eigenvalue weighted by Crippen LogP contribution is 2.45. The number of hydrogen-bond acceptors (Lipinski definition) is 13. The van der Waals surface area contributed by atoms with E-state index in [0.29, 0.717) is 75.6 Å². The zero-order chi connectivity index (χ0) is 60.9. The van der Waals surface area contributed by atoms with Crippen molar-refractivity contribution >= 4 is 89.6 Å². The minimum atomic E-state index is -6.31. The van der Waals surface area contributed by atoms with Gasteiger partial charge in [0.05, 0.1) is 41.0 Å². The second-order valence-corrected chi connectivity index (χ2v) is 30.0. The molecule has 84 heavy (non-hydrogen) atoms. The number of hydrogen-bond donors (Lipinski definition) is 3. The van der Waals surface area contributed by atoms with E-state index in [1.807, 2.05) is 28.2 Å². The van der Waals surface area contributed by atoms with Gasteiger partial charge in [0.25, 0.3) is 0 Å². The van der Waals surface area contributed by atoms with Gasteiger partial charge in [-0.15, -0.1) is 11.8 Å². The molecule has 0 aliphatic carbocycles. The summed E-state index contributed by atoms with van der Waals surface area (Å²) in [5.74, 6) is -2.33. The summed E-state index contributed by atoms with van der Waals surface area (Å²) >= 11 is 7.28. The molecule has 2 aliphatic rings. The maximum atomic E-state index is 15.9. The van der Waals surface area contributed by atoms with Crippen molar-refractivity contribution in [3.63, 3.8) is 0 Å². The molecule has 2 aliphatic heterocycles. The Morgan fingerprint density at radius 2 is 1.39 bits per heavy atom. The van der Waals surface area contributed by atoms with Crippen LogP contribution in [0.2, 0.25) is 5.02 Å². The standard InChI is InChI=1S/C57H66ClF4N6O11PS4/c1-39(2)67-40(3)55(82(4,73)74)53(54(67)41-16-18-44(58)19-17-41)43-34-45(59)36-49(35-43)66-30-28-65(29-31-66)47-22-20-46(21-23-47)63-83(75,76)52(38-81-50-14-9-6-10-15-50)51(68(48-12-7-5-8-13-48)84(77,78)57(60,61)62)37-64-26-24-42(25-27-64)56(69)79-32-11-33-80(70,71)72/h5-10,12-23,34-36,39,42,51-52,63H,11,24-33,37-38H2,1-4H3,(H2,70,71,72). The SMILES string of the molecule is Cc1c(S(C)(=O)=O)c(-c2cc(F)cc(N3CCN(c4ccc(NS(=O)(=O)C(CSc5ccccc5)C(CN5CCC(C(=O)OCCCP(=O)(O)O)CC5)N(c5ccccc5)S(=O)(=O)C(F)(F)F)cc4)CC3)c2)c(-c2ccc(Cl)cc2)n1C(C)C. The summed E-state index contributed by atoms with van der Waals surface area (Å²) in [6.07, 6.45) is 0.777. The molecular weight excluding hydrogens is 1220 g/mol. The molecule has 1 aromatic heterocycles. The number of piperazine rings is 1. The number of nitrogens with one attached hydrogen (secondary N) is 1. The van der Waals surface area contributed by atoms with Gasteiger partial charge >= 0.3 is 29.1 Å². The summed E-state index contributed by atoms with van der Waals surface area (Å²) in [7, 11) is -19.3. The van der Waals surface area contributed by atoms with E-state index in [2.05, 4.69) is 4.72 Å². The molecule has 3 N–H and O–H groups in total. The van der Waals surface area contributed by atoms with Crippen molar-refractivity contribution < 1.29 is 66.7 Å². The monoisotopic (exact) mass is 1280 g/mol. The first-order valence-electron chi connectivity index (χ1n) is 26.9. The fourth-order valence-corrected chi connectivity index (χ4v) is 17.1. The quantitative estimate of drug-likeness (QED) is 0.0179. The molecule has 0 spiro atoms. The third-order valence-electron chi connectivity index (χ3n) is 14.8. The number of alkyl halides is 3. The van der Waals surface area contributed by atoms with E-state index < -0.39 is 96.1 Å². The van der Waals surface area contributed by atoms with Crippen LogP contribution in [0.5, 0.6) is 0 Å². The van der Waals surface area contributed by atoms with Gasteiger partial charge in [0.15, 0.2) is 9.84 Å². The molecule has 5 aromatic carbocycles. The highest BCUT2D eigenvalue weighted by Gasteiger charge is 2.55. The number of sulfone groups is 1. The molecule has 0 saturated carbocycles. The molecule has 2 fully saturated rings. The predicted molar refractivity (Wildman–Crippen MR) is 322 cm³/mol. The van der Waals surface area contributed by atoms with Gasteiger partial charge in [0.1, 0.15) is 11.1 Å². The van der Waals surface area contributed by atoms with Crippen molar-refractivity contribution in [3.8, 4) is 22.4 Å². The number of carbonyl (C=O) groups is 1. The van der Waals surface area contributed by atoms with E-state index in [0.717, 1.165) is 30.2 Å². The molecule has 0 amide bonds. The van der Waals surface area contributed by atoms with Crippen LogP contribution in [0.25, 0.3) is 22.4 Å². The summed E-state index contributed by atoms with van der Waals surface area (Å²) in [4.78, 5) is 37.6. The summed E-state index contributed by atoms with van der Waals surface area (Å²) in [6.45, 7) is 6.56. The average molecular weight is 1280 g/mol. The number of piperidine rings is 1. The van der Waals surface area contributed by atoms with E-state index in [1.54, 1.807) is 84.6 Å². The van der Waals surface area contributed by atoms with Gasteiger partial charge in [-0.05, 0) is 143 Å². The van der Waals surface area contributed by atoms with Crippen molar-refractivity contribution in [1.82, 2.24) is 9.47 Å². The molecule has 2 saturated heterocycles. The molecule has 3 heterocycles. The Morgan fingerprint density at radius 3 is 1.95 bits per heavy atom. The Morgan fingerprint density at radius 1 is 0.810 bits per heavy atom. The highest BCUT2D eigenvalue weighted by atomic mass is 35.5. The number of benzene rings is 5. The smallest absolute Gasteiger partial charge is 0.465 e. The number of nitrogens with zero attached hydrogens (tertiary/aromatic N) is 5. The number of esters is 1. The van der Waals surface area contributed by atoms with Crippen molar-refractivity contribution in [2.75, 3.05) is 89.4 Å². The first-order chi connectivity index (χ1) is 39.5. The zero-order valence-corrected chi connectivity index (χ0v) is 51.3. The van der Waals surface area contributed by atoms with E-state index in [1.165, 1.54) is 42.5 Å². The van der Waals surface area contributed by atoms with Crippen LogP contribution < -0.4 is 18.8 Å². The maximum absolute atomic E-state index is 15.9. The number of ether oxygens (including phenoxy) is 1. The Hall–Kier alpha value is -5.63. The van der Waals surface area contributed by atoms with Gasteiger partial charge in [0.2, 0.25) is 10.0 Å². The Bertz CT molecular complexity index is 3660. The Labute approximate surface area is 497 Å². The van der Waals surface area contributed by atoms with E-state index >= 15 is 26.0 Å². The number of aromatic nitrogens is 1. The molecule has 27 heteroatoms. The maximum Gasteiger partial charge on any atom is 0.516 e. The van der Waals surface area contributed by atoms with Crippen LogP contribution in [0.15, 0.2) is 137 Å². The number of rotatable bonds is 23. The topological polar surface area (TPSA) is 216 Å². The molecule has 8 rings (SSSR count). The molecule has 17 nitrogen and oxygen atoms in total. The molecule has 2 atom stereocenters. The van der Waals surface area contributed by atoms with Crippen LogP contribution in [0.3, 0.4) is 0 Å². The van der Waals surface area contributed by atoms with Crippen molar-refractivity contribution in [1.29, 1.82) is 0 Å². The number of carbonyl (C=O) groups excluding carboxylic acids is 1. The summed E-state index contributed by atoms with van der Waals surface area (Å²) in [5.41, 5.74) is -2.51. The van der Waals surface area contributed by atoms with E-state index in [4.69, 9.17) is 16.3 Å². The van der Waals surface area contributed by atoms with Crippen molar-refractivity contribution in [3.05, 3.63) is 144 Å². The van der Waals surface area contributed by atoms with Crippen LogP contribution in [0.1, 0.15) is 44.8 Å². The van der Waals surface area contributed by atoms with Crippen LogP contribution in [0.4, 0.5) is 40.3 Å². The highest BCUT2D eigenvalue weighted by molar-refractivity contribution is 8.01. The molecule has 0 radical (unpaired) electrons. The third-order valence-corrected chi connectivity index (χ3v) is 21.9. The molecule has 6 aromatic rings. The molecule has 454 valence electrons. The van der Waals surface area contributed by atoms with Gasteiger partial charge in [-0.2, -0.15) is 21.6 Å². The lowest BCUT2D eigenvalue weighted by Crippen LogP contribution is -2.59. The number of thioether (sulfide) groups is 1. The van der Waals surface area contributed by atoms with Gasteiger partial charge < -0.3 is 33.8 Å². The van der Waals surface area contributed by atoms with Gasteiger partial charge in [-0.1, -0.05) is 60.1 Å². The first-order valence-corrected chi connectivity index (χ1v) is 35.0.